The molecule has 3 heteroatoms. The summed E-state index contributed by atoms with van der Waals surface area (Å²) in [7, 11) is 0. The van der Waals surface area contributed by atoms with Crippen molar-refractivity contribution in [3.8, 4) is 5.75 Å². The molecule has 1 heterocycles. The smallest absolute Gasteiger partial charge is 0.122 e. The predicted molar refractivity (Wildman–Crippen MR) is 76.8 cm³/mol. The highest BCUT2D eigenvalue weighted by atomic mass is 35.5. The van der Waals surface area contributed by atoms with Crippen molar-refractivity contribution in [2.24, 2.45) is 0 Å². The van der Waals surface area contributed by atoms with Crippen molar-refractivity contribution in [1.82, 2.24) is 5.32 Å². The van der Waals surface area contributed by atoms with Gasteiger partial charge in [-0.15, -0.1) is 11.6 Å². The van der Waals surface area contributed by atoms with Crippen molar-refractivity contribution in [3.63, 3.8) is 0 Å². The Morgan fingerprint density at radius 2 is 2.11 bits per heavy atom. The molecule has 0 spiro atoms. The number of rotatable bonds is 8. The number of unbranched alkanes of at least 4 members (excludes halogenated alkanes) is 2. The minimum absolute atomic E-state index is 0.789. The van der Waals surface area contributed by atoms with Crippen molar-refractivity contribution in [3.05, 3.63) is 29.3 Å². The van der Waals surface area contributed by atoms with Crippen LogP contribution in [-0.2, 0) is 12.8 Å². The lowest BCUT2D eigenvalue weighted by Crippen LogP contribution is -2.18. The Bertz CT molecular complexity index is 368. The van der Waals surface area contributed by atoms with Crippen LogP contribution in [0.1, 0.15) is 30.4 Å². The Labute approximate surface area is 115 Å². The zero-order valence-electron chi connectivity index (χ0n) is 10.9. The Balaban J connectivity index is 1.62. The van der Waals surface area contributed by atoms with Crippen LogP contribution in [0.4, 0.5) is 0 Å². The molecule has 1 aromatic rings. The maximum Gasteiger partial charge on any atom is 0.122 e. The average Bonchev–Trinajstić information content (AvgIpc) is 2.85. The van der Waals surface area contributed by atoms with Gasteiger partial charge in [-0.05, 0) is 49.5 Å². The second kappa shape index (κ2) is 7.65. The van der Waals surface area contributed by atoms with E-state index in [9.17, 15) is 0 Å². The van der Waals surface area contributed by atoms with Crippen molar-refractivity contribution >= 4 is 11.6 Å². The molecule has 0 fully saturated rings. The molecule has 1 N–H and O–H groups in total. The highest BCUT2D eigenvalue weighted by Crippen LogP contribution is 2.25. The van der Waals surface area contributed by atoms with Crippen molar-refractivity contribution in [2.45, 2.75) is 32.1 Å². The molecule has 0 aromatic heterocycles. The highest BCUT2D eigenvalue weighted by Gasteiger charge is 2.11. The van der Waals surface area contributed by atoms with Crippen LogP contribution >= 0.6 is 11.6 Å². The zero-order chi connectivity index (χ0) is 12.6. The molecule has 2 nitrogen and oxygen atoms in total. The zero-order valence-corrected chi connectivity index (χ0v) is 11.6. The van der Waals surface area contributed by atoms with Crippen LogP contribution in [-0.4, -0.2) is 25.6 Å². The van der Waals surface area contributed by atoms with E-state index in [1.165, 1.54) is 24.0 Å². The third-order valence-electron chi connectivity index (χ3n) is 3.33. The highest BCUT2D eigenvalue weighted by molar-refractivity contribution is 6.17. The Kier molecular flexibility index (Phi) is 5.82. The summed E-state index contributed by atoms with van der Waals surface area (Å²) in [5.41, 5.74) is 2.78. The van der Waals surface area contributed by atoms with Gasteiger partial charge >= 0.3 is 0 Å². The molecule has 0 saturated heterocycles. The lowest BCUT2D eigenvalue weighted by Gasteiger charge is -2.06. The Hall–Kier alpha value is -0.730. The van der Waals surface area contributed by atoms with E-state index in [4.69, 9.17) is 16.3 Å². The molecular formula is C15H22ClNO. The van der Waals surface area contributed by atoms with Gasteiger partial charge in [0.1, 0.15) is 5.75 Å². The summed E-state index contributed by atoms with van der Waals surface area (Å²) in [6.45, 7) is 3.00. The van der Waals surface area contributed by atoms with E-state index in [0.717, 1.165) is 50.6 Å². The van der Waals surface area contributed by atoms with Crippen molar-refractivity contribution in [2.75, 3.05) is 25.6 Å². The summed E-state index contributed by atoms with van der Waals surface area (Å²) in [6, 6.07) is 6.58. The van der Waals surface area contributed by atoms with Crippen LogP contribution in [0.15, 0.2) is 18.2 Å². The number of hydrogen-bond acceptors (Lipinski definition) is 2. The third kappa shape index (κ3) is 4.18. The van der Waals surface area contributed by atoms with Crippen LogP contribution in [0.2, 0.25) is 0 Å². The SMILES string of the molecule is ClCCCCCNCCc1ccc2c(c1)CCO2. The summed E-state index contributed by atoms with van der Waals surface area (Å²) in [6.07, 6.45) is 5.75. The third-order valence-corrected chi connectivity index (χ3v) is 3.60. The summed E-state index contributed by atoms with van der Waals surface area (Å²) >= 11 is 5.64. The second-order valence-electron chi connectivity index (χ2n) is 4.79. The number of nitrogens with one attached hydrogen (secondary N) is 1. The standard InChI is InChI=1S/C15H22ClNO/c16-8-2-1-3-9-17-10-6-13-4-5-15-14(12-13)7-11-18-15/h4-5,12,17H,1-3,6-11H2. The molecule has 0 aliphatic carbocycles. The molecule has 1 aliphatic rings. The largest absolute Gasteiger partial charge is 0.493 e. The topological polar surface area (TPSA) is 21.3 Å². The fourth-order valence-corrected chi connectivity index (χ4v) is 2.46. The normalized spacial score (nSPS) is 13.4. The minimum atomic E-state index is 0.789. The van der Waals surface area contributed by atoms with E-state index >= 15 is 0 Å². The number of ether oxygens (including phenoxy) is 1. The molecule has 1 aromatic carbocycles. The van der Waals surface area contributed by atoms with Gasteiger partial charge in [-0.3, -0.25) is 0 Å². The Morgan fingerprint density at radius 3 is 3.00 bits per heavy atom. The summed E-state index contributed by atoms with van der Waals surface area (Å²) in [5.74, 6) is 1.87. The molecule has 18 heavy (non-hydrogen) atoms. The second-order valence-corrected chi connectivity index (χ2v) is 5.17. The first kappa shape index (κ1) is 13.7. The van der Waals surface area contributed by atoms with E-state index in [-0.39, 0.29) is 0 Å². The van der Waals surface area contributed by atoms with Crippen LogP contribution in [0, 0.1) is 0 Å². The van der Waals surface area contributed by atoms with Crippen LogP contribution in [0.5, 0.6) is 5.75 Å². The minimum Gasteiger partial charge on any atom is -0.493 e. The van der Waals surface area contributed by atoms with Gasteiger partial charge in [0.2, 0.25) is 0 Å². The predicted octanol–water partition coefficient (Wildman–Crippen LogP) is 3.16. The summed E-state index contributed by atoms with van der Waals surface area (Å²) in [5, 5.41) is 3.49. The van der Waals surface area contributed by atoms with Crippen LogP contribution in [0.3, 0.4) is 0 Å². The molecule has 0 unspecified atom stereocenters. The molecule has 1 aliphatic heterocycles. The molecule has 0 atom stereocenters. The van der Waals surface area contributed by atoms with Gasteiger partial charge in [0, 0.05) is 12.3 Å². The van der Waals surface area contributed by atoms with E-state index in [0.29, 0.717) is 0 Å². The van der Waals surface area contributed by atoms with E-state index in [2.05, 4.69) is 23.5 Å². The molecule has 0 radical (unpaired) electrons. The first-order valence-corrected chi connectivity index (χ1v) is 7.45. The van der Waals surface area contributed by atoms with Crippen LogP contribution in [0.25, 0.3) is 0 Å². The summed E-state index contributed by atoms with van der Waals surface area (Å²) in [4.78, 5) is 0. The number of benzene rings is 1. The number of hydrogen-bond donors (Lipinski definition) is 1. The number of fused-ring (bicyclic) bond motifs is 1. The summed E-state index contributed by atoms with van der Waals surface area (Å²) < 4.78 is 5.51. The first-order chi connectivity index (χ1) is 8.90. The maximum absolute atomic E-state index is 5.64. The van der Waals surface area contributed by atoms with Gasteiger partial charge in [0.05, 0.1) is 6.61 Å². The fourth-order valence-electron chi connectivity index (χ4n) is 2.27. The van der Waals surface area contributed by atoms with Gasteiger partial charge < -0.3 is 10.1 Å². The number of halogens is 1. The maximum atomic E-state index is 5.64. The molecule has 0 bridgehead atoms. The number of alkyl halides is 1. The molecular weight excluding hydrogens is 246 g/mol. The first-order valence-electron chi connectivity index (χ1n) is 6.91. The van der Waals surface area contributed by atoms with E-state index in [1.807, 2.05) is 0 Å². The molecule has 2 rings (SSSR count). The van der Waals surface area contributed by atoms with Gasteiger partial charge in [0.25, 0.3) is 0 Å². The van der Waals surface area contributed by atoms with Gasteiger partial charge in [0.15, 0.2) is 0 Å². The Morgan fingerprint density at radius 1 is 1.17 bits per heavy atom. The quantitative estimate of drug-likeness (QED) is 0.577. The average molecular weight is 268 g/mol. The van der Waals surface area contributed by atoms with Gasteiger partial charge in [-0.2, -0.15) is 0 Å². The van der Waals surface area contributed by atoms with E-state index < -0.39 is 0 Å². The lowest BCUT2D eigenvalue weighted by atomic mass is 10.1. The molecule has 0 saturated carbocycles. The van der Waals surface area contributed by atoms with Crippen molar-refractivity contribution in [1.29, 1.82) is 0 Å². The van der Waals surface area contributed by atoms with Crippen molar-refractivity contribution < 1.29 is 4.74 Å². The van der Waals surface area contributed by atoms with Crippen LogP contribution < -0.4 is 10.1 Å². The van der Waals surface area contributed by atoms with E-state index in [1.54, 1.807) is 0 Å². The molecule has 0 amide bonds. The monoisotopic (exact) mass is 267 g/mol. The van der Waals surface area contributed by atoms with Gasteiger partial charge in [-0.1, -0.05) is 18.6 Å². The van der Waals surface area contributed by atoms with Gasteiger partial charge in [-0.25, -0.2) is 0 Å². The molecule has 100 valence electrons. The fraction of sp³-hybridized carbons (Fsp3) is 0.600. The lowest BCUT2D eigenvalue weighted by molar-refractivity contribution is 0.357.